The summed E-state index contributed by atoms with van der Waals surface area (Å²) in [7, 11) is 0.0341. The summed E-state index contributed by atoms with van der Waals surface area (Å²) in [6, 6.07) is 5.15. The Balaban J connectivity index is 1.64. The number of nitrogens with zero attached hydrogens (tertiary/aromatic N) is 2. The first-order valence-corrected chi connectivity index (χ1v) is 12.4. The van der Waals surface area contributed by atoms with Crippen molar-refractivity contribution in [3.05, 3.63) is 42.7 Å². The van der Waals surface area contributed by atoms with Crippen LogP contribution in [0, 0.1) is 5.82 Å². The lowest BCUT2D eigenvalue weighted by molar-refractivity contribution is 0.0156. The number of rotatable bonds is 13. The molecule has 170 valence electrons. The number of halogens is 1. The van der Waals surface area contributed by atoms with Crippen LogP contribution >= 0.6 is 0 Å². The van der Waals surface area contributed by atoms with Crippen LogP contribution < -0.4 is 0 Å². The summed E-state index contributed by atoms with van der Waals surface area (Å²) < 4.78 is 46.4. The van der Waals surface area contributed by atoms with Crippen LogP contribution in [-0.4, -0.2) is 63.6 Å². The fourth-order valence-electron chi connectivity index (χ4n) is 3.96. The Labute approximate surface area is 181 Å². The van der Waals surface area contributed by atoms with Crippen LogP contribution in [-0.2, 0) is 14.8 Å². The van der Waals surface area contributed by atoms with Gasteiger partial charge in [-0.15, -0.1) is 6.58 Å². The molecule has 0 bridgehead atoms. The van der Waals surface area contributed by atoms with Gasteiger partial charge >= 0.3 is 0 Å². The lowest BCUT2D eigenvalue weighted by atomic mass is 9.93. The molecule has 1 aliphatic rings. The Bertz CT molecular complexity index is 749. The molecule has 0 N–H and O–H groups in total. The van der Waals surface area contributed by atoms with Crippen molar-refractivity contribution in [2.75, 3.05) is 33.8 Å². The number of hydrogen-bond acceptors (Lipinski definition) is 4. The molecule has 1 fully saturated rings. The summed E-state index contributed by atoms with van der Waals surface area (Å²) in [4.78, 5) is 2.28. The second-order valence-corrected chi connectivity index (χ2v) is 10.2. The number of sulfonamides is 1. The minimum atomic E-state index is -3.67. The molecule has 0 spiro atoms. The van der Waals surface area contributed by atoms with E-state index < -0.39 is 15.8 Å². The van der Waals surface area contributed by atoms with E-state index in [9.17, 15) is 12.8 Å². The molecule has 0 saturated heterocycles. The third-order valence-corrected chi connectivity index (χ3v) is 7.77. The molecule has 0 aliphatic heterocycles. The molecular weight excluding hydrogens is 403 g/mol. The van der Waals surface area contributed by atoms with Crippen molar-refractivity contribution < 1.29 is 17.5 Å². The molecule has 1 aromatic rings. The Morgan fingerprint density at radius 2 is 1.83 bits per heavy atom. The summed E-state index contributed by atoms with van der Waals surface area (Å²) in [5.41, 5.74) is 0. The van der Waals surface area contributed by atoms with Crippen molar-refractivity contribution in [2.45, 2.75) is 68.4 Å². The lowest BCUT2D eigenvalue weighted by Crippen LogP contribution is -2.40. The van der Waals surface area contributed by atoms with Gasteiger partial charge in [0, 0.05) is 26.2 Å². The summed E-state index contributed by atoms with van der Waals surface area (Å²) in [6.07, 6.45) is 10.0. The Kier molecular flexibility index (Phi) is 10.4. The van der Waals surface area contributed by atoms with Crippen LogP contribution in [0.3, 0.4) is 0 Å². The summed E-state index contributed by atoms with van der Waals surface area (Å²) in [6.45, 7) is 6.56. The van der Waals surface area contributed by atoms with E-state index in [4.69, 9.17) is 4.74 Å². The van der Waals surface area contributed by atoms with Crippen LogP contribution in [0.5, 0.6) is 0 Å². The smallest absolute Gasteiger partial charge is 0.243 e. The van der Waals surface area contributed by atoms with Crippen LogP contribution in [0.4, 0.5) is 4.39 Å². The predicted molar refractivity (Wildman–Crippen MR) is 120 cm³/mol. The molecule has 0 aromatic heterocycles. The van der Waals surface area contributed by atoms with E-state index in [1.807, 2.05) is 6.08 Å². The largest absolute Gasteiger partial charge is 0.378 e. The summed E-state index contributed by atoms with van der Waals surface area (Å²) >= 11 is 0. The van der Waals surface area contributed by atoms with Crippen LogP contribution in [0.1, 0.15) is 51.4 Å². The molecule has 2 rings (SSSR count). The topological polar surface area (TPSA) is 49.9 Å². The van der Waals surface area contributed by atoms with Gasteiger partial charge in [-0.3, -0.25) is 0 Å². The molecule has 1 aromatic carbocycles. The Morgan fingerprint density at radius 3 is 2.50 bits per heavy atom. The molecule has 1 saturated carbocycles. The zero-order valence-electron chi connectivity index (χ0n) is 18.4. The second-order valence-electron chi connectivity index (χ2n) is 8.25. The highest BCUT2D eigenvalue weighted by molar-refractivity contribution is 7.89. The fraction of sp³-hybridized carbons (Fsp3) is 0.652. The molecule has 5 nitrogen and oxygen atoms in total. The van der Waals surface area contributed by atoms with E-state index in [1.54, 1.807) is 7.05 Å². The highest BCUT2D eigenvalue weighted by Crippen LogP contribution is 2.28. The zero-order chi connectivity index (χ0) is 22.0. The standard InChI is InChI=1S/C23H37FN2O3S/c1-4-16-25(2)17-7-5-6-8-18-29-22-14-12-21(13-15-22)26(3)30(27,28)23-11-9-10-20(24)19-23/h4,9-11,19,21-22H,1,5-8,12-18H2,2-3H3/t21-,22-. The van der Waals surface area contributed by atoms with Crippen molar-refractivity contribution in [1.29, 1.82) is 0 Å². The van der Waals surface area contributed by atoms with Crippen LogP contribution in [0.15, 0.2) is 41.8 Å². The van der Waals surface area contributed by atoms with Crippen LogP contribution in [0.2, 0.25) is 0 Å². The Morgan fingerprint density at radius 1 is 1.13 bits per heavy atom. The first-order chi connectivity index (χ1) is 14.3. The van der Waals surface area contributed by atoms with Gasteiger partial charge in [0.2, 0.25) is 10.0 Å². The van der Waals surface area contributed by atoms with Gasteiger partial charge in [0.1, 0.15) is 5.82 Å². The van der Waals surface area contributed by atoms with E-state index in [0.29, 0.717) is 0 Å². The molecule has 0 atom stereocenters. The SMILES string of the molecule is C=CCN(C)CCCCCCO[C@H]1CC[C@H](N(C)S(=O)(=O)c2cccc(F)c2)CC1. The maximum absolute atomic E-state index is 13.4. The van der Waals surface area contributed by atoms with E-state index in [-0.39, 0.29) is 17.0 Å². The van der Waals surface area contributed by atoms with Crippen molar-refractivity contribution in [3.8, 4) is 0 Å². The van der Waals surface area contributed by atoms with Gasteiger partial charge in [0.25, 0.3) is 0 Å². The molecule has 0 heterocycles. The highest BCUT2D eigenvalue weighted by atomic mass is 32.2. The van der Waals surface area contributed by atoms with E-state index in [1.165, 1.54) is 41.8 Å². The minimum Gasteiger partial charge on any atom is -0.378 e. The average molecular weight is 441 g/mol. The third-order valence-electron chi connectivity index (χ3n) is 5.86. The molecule has 0 unspecified atom stereocenters. The number of hydrogen-bond donors (Lipinski definition) is 0. The maximum atomic E-state index is 13.4. The average Bonchev–Trinajstić information content (AvgIpc) is 2.73. The molecule has 7 heteroatoms. The van der Waals surface area contributed by atoms with Crippen LogP contribution in [0.25, 0.3) is 0 Å². The maximum Gasteiger partial charge on any atom is 0.243 e. The molecular formula is C23H37FN2O3S. The first-order valence-electron chi connectivity index (χ1n) is 11.0. The second kappa shape index (κ2) is 12.5. The van der Waals surface area contributed by atoms with Gasteiger partial charge < -0.3 is 9.64 Å². The van der Waals surface area contributed by atoms with Gasteiger partial charge in [-0.1, -0.05) is 25.0 Å². The van der Waals surface area contributed by atoms with E-state index in [2.05, 4.69) is 18.5 Å². The summed E-state index contributed by atoms with van der Waals surface area (Å²) in [5, 5.41) is 0. The number of likely N-dealkylation sites (N-methyl/N-ethyl adjacent to an activating group) is 1. The number of unbranched alkanes of at least 4 members (excludes halogenated alkanes) is 3. The number of benzene rings is 1. The van der Waals surface area contributed by atoms with Gasteiger partial charge in [-0.2, -0.15) is 4.31 Å². The van der Waals surface area contributed by atoms with Crippen molar-refractivity contribution in [3.63, 3.8) is 0 Å². The van der Waals surface area contributed by atoms with Crippen molar-refractivity contribution >= 4 is 10.0 Å². The number of ether oxygens (including phenoxy) is 1. The first kappa shape index (κ1) is 25.0. The Hall–Kier alpha value is -1.28. The normalized spacial score (nSPS) is 20.0. The third kappa shape index (κ3) is 7.76. The monoisotopic (exact) mass is 440 g/mol. The van der Waals surface area contributed by atoms with E-state index >= 15 is 0 Å². The molecule has 0 amide bonds. The van der Waals surface area contributed by atoms with Gasteiger partial charge in [-0.25, -0.2) is 12.8 Å². The van der Waals surface area contributed by atoms with Gasteiger partial charge in [0.15, 0.2) is 0 Å². The van der Waals surface area contributed by atoms with Crippen molar-refractivity contribution in [1.82, 2.24) is 9.21 Å². The van der Waals surface area contributed by atoms with Gasteiger partial charge in [0.05, 0.1) is 11.0 Å². The quantitative estimate of drug-likeness (QED) is 0.336. The van der Waals surface area contributed by atoms with E-state index in [0.717, 1.165) is 57.9 Å². The van der Waals surface area contributed by atoms with Crippen molar-refractivity contribution in [2.24, 2.45) is 0 Å². The minimum absolute atomic E-state index is 0.0130. The molecule has 1 aliphatic carbocycles. The molecule has 30 heavy (non-hydrogen) atoms. The highest BCUT2D eigenvalue weighted by Gasteiger charge is 2.31. The molecule has 0 radical (unpaired) electrons. The zero-order valence-corrected chi connectivity index (χ0v) is 19.2. The lowest BCUT2D eigenvalue weighted by Gasteiger charge is -2.34. The summed E-state index contributed by atoms with van der Waals surface area (Å²) in [5.74, 6) is -0.537. The predicted octanol–water partition coefficient (Wildman–Crippen LogP) is 4.45. The van der Waals surface area contributed by atoms with Gasteiger partial charge in [-0.05, 0) is 70.3 Å². The fourth-order valence-corrected chi connectivity index (χ4v) is 5.41.